The maximum atomic E-state index is 11.3. The van der Waals surface area contributed by atoms with E-state index in [9.17, 15) is 9.90 Å². The summed E-state index contributed by atoms with van der Waals surface area (Å²) < 4.78 is 5.11. The van der Waals surface area contributed by atoms with Crippen LogP contribution in [0.15, 0.2) is 25.8 Å². The summed E-state index contributed by atoms with van der Waals surface area (Å²) in [4.78, 5) is 11.3. The van der Waals surface area contributed by atoms with E-state index in [1.54, 1.807) is 12.1 Å². The Labute approximate surface area is 94.5 Å². The molecule has 0 saturated heterocycles. The van der Waals surface area contributed by atoms with Gasteiger partial charge in [0.2, 0.25) is 0 Å². The number of hydrogen-bond donors (Lipinski definition) is 1. The summed E-state index contributed by atoms with van der Waals surface area (Å²) in [7, 11) is 0. The molecule has 4 heteroatoms. The van der Waals surface area contributed by atoms with Crippen molar-refractivity contribution < 1.29 is 9.52 Å². The molecule has 0 atom stereocenters. The summed E-state index contributed by atoms with van der Waals surface area (Å²) in [5, 5.41) is 10.3. The zero-order chi connectivity index (χ0) is 11.2. The van der Waals surface area contributed by atoms with Gasteiger partial charge in [0.15, 0.2) is 0 Å². The highest BCUT2D eigenvalue weighted by atomic mass is 79.9. The first-order valence-corrected chi connectivity index (χ1v) is 5.22. The van der Waals surface area contributed by atoms with Crippen molar-refractivity contribution in [2.75, 3.05) is 0 Å². The molecule has 2 rings (SSSR count). The van der Waals surface area contributed by atoms with Crippen molar-refractivity contribution in [3.8, 4) is 5.75 Å². The summed E-state index contributed by atoms with van der Waals surface area (Å²) >= 11 is 2.99. The maximum Gasteiger partial charge on any atom is 0.354 e. The molecule has 0 unspecified atom stereocenters. The van der Waals surface area contributed by atoms with Gasteiger partial charge in [-0.2, -0.15) is 0 Å². The fourth-order valence-corrected chi connectivity index (χ4v) is 1.71. The van der Waals surface area contributed by atoms with Gasteiger partial charge >= 0.3 is 5.63 Å². The molecular formula is C11H9BrO3. The molecule has 0 spiro atoms. The molecule has 0 aliphatic heterocycles. The van der Waals surface area contributed by atoms with Crippen molar-refractivity contribution in [3.63, 3.8) is 0 Å². The molecule has 15 heavy (non-hydrogen) atoms. The highest BCUT2D eigenvalue weighted by Gasteiger charge is 2.11. The Hall–Kier alpha value is -1.29. The van der Waals surface area contributed by atoms with Crippen LogP contribution < -0.4 is 5.63 Å². The number of rotatable bonds is 0. The fourth-order valence-electron chi connectivity index (χ4n) is 1.42. The van der Waals surface area contributed by atoms with Gasteiger partial charge in [0.1, 0.15) is 15.8 Å². The molecule has 1 aromatic carbocycles. The topological polar surface area (TPSA) is 50.4 Å². The van der Waals surface area contributed by atoms with Gasteiger partial charge < -0.3 is 9.52 Å². The van der Waals surface area contributed by atoms with Crippen LogP contribution in [0.4, 0.5) is 0 Å². The molecule has 0 fully saturated rings. The molecule has 0 amide bonds. The third-order valence-corrected chi connectivity index (χ3v) is 3.14. The summed E-state index contributed by atoms with van der Waals surface area (Å²) in [5.41, 5.74) is 1.90. The lowest BCUT2D eigenvalue weighted by molar-refractivity contribution is 0.462. The second kappa shape index (κ2) is 3.38. The fraction of sp³-hybridized carbons (Fsp3) is 0.182. The van der Waals surface area contributed by atoms with E-state index in [0.29, 0.717) is 11.0 Å². The second-order valence-corrected chi connectivity index (χ2v) is 4.28. The zero-order valence-corrected chi connectivity index (χ0v) is 9.88. The first kappa shape index (κ1) is 10.2. The van der Waals surface area contributed by atoms with E-state index < -0.39 is 5.63 Å². The number of hydrogen-bond acceptors (Lipinski definition) is 3. The van der Waals surface area contributed by atoms with Gasteiger partial charge in [-0.1, -0.05) is 0 Å². The van der Waals surface area contributed by atoms with E-state index in [1.807, 2.05) is 13.8 Å². The second-order valence-electron chi connectivity index (χ2n) is 3.48. The summed E-state index contributed by atoms with van der Waals surface area (Å²) in [6.45, 7) is 3.86. The molecule has 0 aliphatic rings. The van der Waals surface area contributed by atoms with Crippen LogP contribution in [0.25, 0.3) is 11.0 Å². The SMILES string of the molecule is Cc1cc2oc(=O)c(Br)c(O)c2cc1C. The average Bonchev–Trinajstić information content (AvgIpc) is 2.19. The molecule has 0 saturated carbocycles. The van der Waals surface area contributed by atoms with Crippen LogP contribution in [0.3, 0.4) is 0 Å². The number of halogens is 1. The minimum Gasteiger partial charge on any atom is -0.506 e. The maximum absolute atomic E-state index is 11.3. The molecule has 0 bridgehead atoms. The average molecular weight is 269 g/mol. The molecule has 78 valence electrons. The van der Waals surface area contributed by atoms with Crippen molar-refractivity contribution >= 4 is 26.9 Å². The van der Waals surface area contributed by atoms with Gasteiger partial charge in [0.05, 0.1) is 5.39 Å². The summed E-state index contributed by atoms with van der Waals surface area (Å²) in [6.07, 6.45) is 0. The Morgan fingerprint density at radius 2 is 1.87 bits per heavy atom. The van der Waals surface area contributed by atoms with E-state index in [1.165, 1.54) is 0 Å². The van der Waals surface area contributed by atoms with E-state index in [4.69, 9.17) is 4.42 Å². The number of aryl methyl sites for hydroxylation is 2. The summed E-state index contributed by atoms with van der Waals surface area (Å²) in [5.74, 6) is -0.0654. The standard InChI is InChI=1S/C11H9BrO3/c1-5-3-7-8(4-6(5)2)15-11(14)9(12)10(7)13/h3-4,13H,1-2H3. The molecule has 1 N–H and O–H groups in total. The van der Waals surface area contributed by atoms with E-state index in [0.717, 1.165) is 11.1 Å². The molecule has 3 nitrogen and oxygen atoms in total. The summed E-state index contributed by atoms with van der Waals surface area (Å²) in [6, 6.07) is 3.55. The van der Waals surface area contributed by atoms with Gasteiger partial charge in [-0.05, 0) is 53.0 Å². The Morgan fingerprint density at radius 3 is 2.53 bits per heavy atom. The van der Waals surface area contributed by atoms with Crippen LogP contribution >= 0.6 is 15.9 Å². The molecule has 0 aliphatic carbocycles. The lowest BCUT2D eigenvalue weighted by Gasteiger charge is -2.05. The Morgan fingerprint density at radius 1 is 1.27 bits per heavy atom. The first-order valence-electron chi connectivity index (χ1n) is 4.43. The van der Waals surface area contributed by atoms with Crippen molar-refractivity contribution in [2.24, 2.45) is 0 Å². The highest BCUT2D eigenvalue weighted by molar-refractivity contribution is 9.10. The van der Waals surface area contributed by atoms with Crippen LogP contribution in [0.5, 0.6) is 5.75 Å². The van der Waals surface area contributed by atoms with Crippen LogP contribution in [-0.4, -0.2) is 5.11 Å². The van der Waals surface area contributed by atoms with Gasteiger partial charge in [-0.3, -0.25) is 0 Å². The Balaban J connectivity index is 3.00. The van der Waals surface area contributed by atoms with Gasteiger partial charge in [-0.15, -0.1) is 0 Å². The number of fused-ring (bicyclic) bond motifs is 1. The zero-order valence-electron chi connectivity index (χ0n) is 8.30. The van der Waals surface area contributed by atoms with Crippen molar-refractivity contribution in [3.05, 3.63) is 38.2 Å². The van der Waals surface area contributed by atoms with E-state index in [2.05, 4.69) is 15.9 Å². The van der Waals surface area contributed by atoms with Gasteiger partial charge in [-0.25, -0.2) is 4.79 Å². The normalized spacial score (nSPS) is 10.9. The van der Waals surface area contributed by atoms with Gasteiger partial charge in [0, 0.05) is 0 Å². The third-order valence-electron chi connectivity index (χ3n) is 2.44. The lowest BCUT2D eigenvalue weighted by Crippen LogP contribution is -2.00. The monoisotopic (exact) mass is 268 g/mol. The minimum atomic E-state index is -0.566. The largest absolute Gasteiger partial charge is 0.506 e. The third kappa shape index (κ3) is 1.55. The Bertz CT molecular complexity index is 599. The van der Waals surface area contributed by atoms with Crippen molar-refractivity contribution in [1.82, 2.24) is 0 Å². The number of benzene rings is 1. The lowest BCUT2D eigenvalue weighted by atomic mass is 10.1. The first-order chi connectivity index (χ1) is 7.00. The smallest absolute Gasteiger partial charge is 0.354 e. The van der Waals surface area contributed by atoms with Crippen LogP contribution in [0, 0.1) is 13.8 Å². The number of aromatic hydroxyl groups is 1. The van der Waals surface area contributed by atoms with E-state index in [-0.39, 0.29) is 10.2 Å². The predicted octanol–water partition coefficient (Wildman–Crippen LogP) is 2.88. The molecular weight excluding hydrogens is 260 g/mol. The molecule has 1 heterocycles. The Kier molecular flexibility index (Phi) is 2.31. The highest BCUT2D eigenvalue weighted by Crippen LogP contribution is 2.31. The van der Waals surface area contributed by atoms with Crippen LogP contribution in [0.2, 0.25) is 0 Å². The molecule has 1 aromatic heterocycles. The minimum absolute atomic E-state index is 0.0654. The van der Waals surface area contributed by atoms with Crippen molar-refractivity contribution in [2.45, 2.75) is 13.8 Å². The quantitative estimate of drug-likeness (QED) is 0.748. The van der Waals surface area contributed by atoms with E-state index >= 15 is 0 Å². The molecule has 0 radical (unpaired) electrons. The van der Waals surface area contributed by atoms with Crippen molar-refractivity contribution in [1.29, 1.82) is 0 Å². The molecule has 2 aromatic rings. The van der Waals surface area contributed by atoms with Gasteiger partial charge in [0.25, 0.3) is 0 Å². The van der Waals surface area contributed by atoms with Crippen LogP contribution in [0.1, 0.15) is 11.1 Å². The predicted molar refractivity (Wildman–Crippen MR) is 61.3 cm³/mol. The van der Waals surface area contributed by atoms with Crippen LogP contribution in [-0.2, 0) is 0 Å².